The molecule has 2 N–H and O–H groups in total. The van der Waals surface area contributed by atoms with Crippen molar-refractivity contribution < 1.29 is 15.0 Å². The van der Waals surface area contributed by atoms with Crippen LogP contribution in [-0.4, -0.2) is 16.2 Å². The van der Waals surface area contributed by atoms with Crippen molar-refractivity contribution in [2.24, 2.45) is 0 Å². The van der Waals surface area contributed by atoms with Crippen molar-refractivity contribution in [1.82, 2.24) is 0 Å². The predicted molar refractivity (Wildman–Crippen MR) is 69.1 cm³/mol. The van der Waals surface area contributed by atoms with Crippen molar-refractivity contribution in [2.45, 2.75) is 13.3 Å². The van der Waals surface area contributed by atoms with Gasteiger partial charge in [0, 0.05) is 0 Å². The van der Waals surface area contributed by atoms with Gasteiger partial charge in [-0.2, -0.15) is 0 Å². The lowest BCUT2D eigenvalue weighted by molar-refractivity contribution is 0.0696. The van der Waals surface area contributed by atoms with Crippen LogP contribution in [0.15, 0.2) is 42.5 Å². The summed E-state index contributed by atoms with van der Waals surface area (Å²) in [5, 5.41) is 18.3. The molecule has 18 heavy (non-hydrogen) atoms. The van der Waals surface area contributed by atoms with Crippen molar-refractivity contribution in [1.29, 1.82) is 0 Å². The van der Waals surface area contributed by atoms with Gasteiger partial charge in [0.15, 0.2) is 0 Å². The molecular weight excluding hydrogens is 228 g/mol. The largest absolute Gasteiger partial charge is 0.508 e. The molecule has 0 saturated heterocycles. The minimum absolute atomic E-state index is 0.230. The van der Waals surface area contributed by atoms with Gasteiger partial charge < -0.3 is 10.2 Å². The molecule has 0 fully saturated rings. The molecule has 2 rings (SSSR count). The highest BCUT2D eigenvalue weighted by atomic mass is 16.4. The number of carbonyl (C=O) groups is 1. The third kappa shape index (κ3) is 2.69. The fourth-order valence-corrected chi connectivity index (χ4v) is 1.86. The number of benzene rings is 2. The maximum absolute atomic E-state index is 11.0. The number of phenolic OH excluding ortho intramolecular Hbond substituents is 1. The zero-order chi connectivity index (χ0) is 13.1. The van der Waals surface area contributed by atoms with Crippen LogP contribution in [0.25, 0.3) is 0 Å². The highest BCUT2D eigenvalue weighted by Gasteiger charge is 2.08. The second-order valence-corrected chi connectivity index (χ2v) is 4.30. The molecule has 0 aromatic heterocycles. The van der Waals surface area contributed by atoms with Crippen LogP contribution in [0.3, 0.4) is 0 Å². The van der Waals surface area contributed by atoms with Crippen LogP contribution in [-0.2, 0) is 6.42 Å². The van der Waals surface area contributed by atoms with E-state index in [1.165, 1.54) is 0 Å². The van der Waals surface area contributed by atoms with E-state index in [4.69, 9.17) is 5.11 Å². The zero-order valence-corrected chi connectivity index (χ0v) is 10.1. The lowest BCUT2D eigenvalue weighted by Gasteiger charge is -2.06. The first kappa shape index (κ1) is 12.2. The van der Waals surface area contributed by atoms with Crippen molar-refractivity contribution in [3.63, 3.8) is 0 Å². The average molecular weight is 242 g/mol. The minimum Gasteiger partial charge on any atom is -0.508 e. The maximum Gasteiger partial charge on any atom is 0.335 e. The zero-order valence-electron chi connectivity index (χ0n) is 10.1. The van der Waals surface area contributed by atoms with E-state index < -0.39 is 5.97 Å². The van der Waals surface area contributed by atoms with Crippen molar-refractivity contribution >= 4 is 5.97 Å². The van der Waals surface area contributed by atoms with Crippen LogP contribution >= 0.6 is 0 Å². The first-order valence-corrected chi connectivity index (χ1v) is 5.67. The summed E-state index contributed by atoms with van der Waals surface area (Å²) in [6.07, 6.45) is 0.654. The van der Waals surface area contributed by atoms with Crippen molar-refractivity contribution in [2.75, 3.05) is 0 Å². The summed E-state index contributed by atoms with van der Waals surface area (Å²) in [6, 6.07) is 12.4. The van der Waals surface area contributed by atoms with Gasteiger partial charge >= 0.3 is 5.97 Å². The van der Waals surface area contributed by atoms with Crippen LogP contribution in [0.4, 0.5) is 0 Å². The standard InChI is InChI=1S/C15H14O3/c1-10-2-3-12(9-14(10)15(17)18)8-11-4-6-13(16)7-5-11/h2-7,9,16H,8H2,1H3,(H,17,18). The number of hydrogen-bond acceptors (Lipinski definition) is 2. The van der Waals surface area contributed by atoms with Crippen LogP contribution in [0.2, 0.25) is 0 Å². The Morgan fingerprint density at radius 3 is 2.28 bits per heavy atom. The monoisotopic (exact) mass is 242 g/mol. The first-order chi connectivity index (χ1) is 8.56. The Balaban J connectivity index is 2.27. The van der Waals surface area contributed by atoms with Crippen molar-refractivity contribution in [3.8, 4) is 5.75 Å². The first-order valence-electron chi connectivity index (χ1n) is 5.67. The van der Waals surface area contributed by atoms with E-state index in [2.05, 4.69) is 0 Å². The van der Waals surface area contributed by atoms with Gasteiger partial charge in [-0.1, -0.05) is 24.3 Å². The molecule has 0 spiro atoms. The van der Waals surface area contributed by atoms with Gasteiger partial charge in [0.05, 0.1) is 5.56 Å². The fraction of sp³-hybridized carbons (Fsp3) is 0.133. The quantitative estimate of drug-likeness (QED) is 0.869. The van der Waals surface area contributed by atoms with Crippen LogP contribution < -0.4 is 0 Å². The SMILES string of the molecule is Cc1ccc(Cc2ccc(O)cc2)cc1C(=O)O. The lowest BCUT2D eigenvalue weighted by atomic mass is 10.00. The van der Waals surface area contributed by atoms with E-state index in [9.17, 15) is 9.90 Å². The van der Waals surface area contributed by atoms with Gasteiger partial charge in [-0.15, -0.1) is 0 Å². The van der Waals surface area contributed by atoms with E-state index in [0.29, 0.717) is 12.0 Å². The highest BCUT2D eigenvalue weighted by Crippen LogP contribution is 2.17. The number of carboxylic acids is 1. The summed E-state index contributed by atoms with van der Waals surface area (Å²) >= 11 is 0. The molecule has 3 heteroatoms. The van der Waals surface area contributed by atoms with E-state index in [1.807, 2.05) is 24.3 Å². The van der Waals surface area contributed by atoms with Crippen LogP contribution in [0, 0.1) is 6.92 Å². The molecule has 92 valence electrons. The van der Waals surface area contributed by atoms with Crippen molar-refractivity contribution in [3.05, 3.63) is 64.7 Å². The summed E-state index contributed by atoms with van der Waals surface area (Å²) in [7, 11) is 0. The predicted octanol–water partition coefficient (Wildman–Crippen LogP) is 2.99. The molecule has 0 aliphatic rings. The number of aromatic carboxylic acids is 1. The Hall–Kier alpha value is -2.29. The Kier molecular flexibility index (Phi) is 3.33. The van der Waals surface area contributed by atoms with Gasteiger partial charge in [0.1, 0.15) is 5.75 Å². The lowest BCUT2D eigenvalue weighted by Crippen LogP contribution is -2.01. The number of aryl methyl sites for hydroxylation is 1. The number of hydrogen-bond donors (Lipinski definition) is 2. The van der Waals surface area contributed by atoms with E-state index in [1.54, 1.807) is 25.1 Å². The van der Waals surface area contributed by atoms with E-state index in [-0.39, 0.29) is 5.75 Å². The summed E-state index contributed by atoms with van der Waals surface area (Å²) in [5.74, 6) is -0.672. The molecule has 3 nitrogen and oxygen atoms in total. The van der Waals surface area contributed by atoms with E-state index >= 15 is 0 Å². The molecule has 0 aliphatic heterocycles. The molecule has 0 heterocycles. The Labute approximate surface area is 105 Å². The maximum atomic E-state index is 11.0. The normalized spacial score (nSPS) is 10.3. The summed E-state index contributed by atoms with van der Waals surface area (Å²) < 4.78 is 0. The Morgan fingerprint density at radius 1 is 1.06 bits per heavy atom. The Bertz CT molecular complexity index is 571. The third-order valence-electron chi connectivity index (χ3n) is 2.88. The second-order valence-electron chi connectivity index (χ2n) is 4.30. The molecule has 0 radical (unpaired) electrons. The minimum atomic E-state index is -0.903. The molecule has 2 aromatic rings. The number of aromatic hydroxyl groups is 1. The summed E-state index contributed by atoms with van der Waals surface area (Å²) in [5.41, 5.74) is 3.08. The van der Waals surface area contributed by atoms with Gasteiger partial charge in [-0.05, 0) is 48.2 Å². The number of carboxylic acid groups (broad SMARTS) is 1. The fourth-order valence-electron chi connectivity index (χ4n) is 1.86. The second kappa shape index (κ2) is 4.92. The molecule has 2 aromatic carbocycles. The van der Waals surface area contributed by atoms with Gasteiger partial charge in [0.2, 0.25) is 0 Å². The third-order valence-corrected chi connectivity index (χ3v) is 2.88. The summed E-state index contributed by atoms with van der Waals surface area (Å²) in [4.78, 5) is 11.0. The van der Waals surface area contributed by atoms with Crippen LogP contribution in [0.5, 0.6) is 5.75 Å². The Morgan fingerprint density at radius 2 is 1.67 bits per heavy atom. The molecule has 0 atom stereocenters. The summed E-state index contributed by atoms with van der Waals surface area (Å²) in [6.45, 7) is 1.79. The number of phenols is 1. The molecule has 0 aliphatic carbocycles. The molecule has 0 bridgehead atoms. The topological polar surface area (TPSA) is 57.5 Å². The van der Waals surface area contributed by atoms with Crippen LogP contribution in [0.1, 0.15) is 27.0 Å². The number of rotatable bonds is 3. The van der Waals surface area contributed by atoms with Gasteiger partial charge in [0.25, 0.3) is 0 Å². The molecule has 0 saturated carbocycles. The smallest absolute Gasteiger partial charge is 0.335 e. The van der Waals surface area contributed by atoms with E-state index in [0.717, 1.165) is 16.7 Å². The molecular formula is C15H14O3. The van der Waals surface area contributed by atoms with Gasteiger partial charge in [-0.3, -0.25) is 0 Å². The highest BCUT2D eigenvalue weighted by molar-refractivity contribution is 5.89. The average Bonchev–Trinajstić information content (AvgIpc) is 2.34. The molecule has 0 unspecified atom stereocenters. The molecule has 0 amide bonds. The van der Waals surface area contributed by atoms with Gasteiger partial charge in [-0.25, -0.2) is 4.79 Å².